The second kappa shape index (κ2) is 7.08. The van der Waals surface area contributed by atoms with Crippen molar-refractivity contribution in [3.8, 4) is 0 Å². The van der Waals surface area contributed by atoms with E-state index >= 15 is 0 Å². The molecule has 0 aliphatic heterocycles. The molecule has 18 heavy (non-hydrogen) atoms. The number of ether oxygens (including phenoxy) is 1. The molecule has 0 bridgehead atoms. The first-order valence-electron chi connectivity index (χ1n) is 5.86. The van der Waals surface area contributed by atoms with Gasteiger partial charge in [0.2, 0.25) is 5.91 Å². The Balaban J connectivity index is 2.55. The number of halogens is 1. The van der Waals surface area contributed by atoms with Crippen LogP contribution in [0.3, 0.4) is 0 Å². The lowest BCUT2D eigenvalue weighted by Gasteiger charge is -2.12. The van der Waals surface area contributed by atoms with Crippen molar-refractivity contribution in [1.29, 1.82) is 0 Å². The van der Waals surface area contributed by atoms with Crippen molar-refractivity contribution in [2.75, 3.05) is 19.0 Å². The molecular formula is C13H19FN2O2. The van der Waals surface area contributed by atoms with E-state index < -0.39 is 11.9 Å². The Labute approximate surface area is 106 Å². The number of carbonyl (C=O) groups excluding carboxylic acids is 1. The Morgan fingerprint density at radius 2 is 2.28 bits per heavy atom. The average molecular weight is 254 g/mol. The third-order valence-electron chi connectivity index (χ3n) is 2.58. The van der Waals surface area contributed by atoms with E-state index in [1.807, 2.05) is 6.92 Å². The molecule has 1 unspecified atom stereocenters. The molecule has 0 spiro atoms. The van der Waals surface area contributed by atoms with Gasteiger partial charge in [-0.2, -0.15) is 0 Å². The zero-order chi connectivity index (χ0) is 13.5. The van der Waals surface area contributed by atoms with Gasteiger partial charge in [-0.05, 0) is 37.5 Å². The molecule has 0 aliphatic rings. The molecule has 1 rings (SSSR count). The van der Waals surface area contributed by atoms with E-state index in [4.69, 9.17) is 10.5 Å². The minimum absolute atomic E-state index is 0.169. The second-order valence-corrected chi connectivity index (χ2v) is 4.21. The number of aryl methyl sites for hydroxylation is 1. The number of nitrogens with two attached hydrogens (primary N) is 1. The van der Waals surface area contributed by atoms with Gasteiger partial charge < -0.3 is 15.8 Å². The number of rotatable bonds is 6. The van der Waals surface area contributed by atoms with Crippen LogP contribution in [0, 0.1) is 12.7 Å². The van der Waals surface area contributed by atoms with Crippen LogP contribution in [0.2, 0.25) is 0 Å². The van der Waals surface area contributed by atoms with Crippen LogP contribution in [0.4, 0.5) is 10.1 Å². The summed E-state index contributed by atoms with van der Waals surface area (Å²) >= 11 is 0. The van der Waals surface area contributed by atoms with Gasteiger partial charge in [-0.3, -0.25) is 4.79 Å². The van der Waals surface area contributed by atoms with Crippen molar-refractivity contribution in [3.05, 3.63) is 29.6 Å². The van der Waals surface area contributed by atoms with E-state index in [0.29, 0.717) is 19.4 Å². The van der Waals surface area contributed by atoms with Gasteiger partial charge in [-0.25, -0.2) is 4.39 Å². The summed E-state index contributed by atoms with van der Waals surface area (Å²) < 4.78 is 18.3. The van der Waals surface area contributed by atoms with Gasteiger partial charge in [-0.15, -0.1) is 0 Å². The number of hydrogen-bond donors (Lipinski definition) is 2. The van der Waals surface area contributed by atoms with E-state index in [0.717, 1.165) is 5.56 Å². The highest BCUT2D eigenvalue weighted by molar-refractivity contribution is 5.94. The number of anilines is 1. The van der Waals surface area contributed by atoms with E-state index in [-0.39, 0.29) is 11.6 Å². The Bertz CT molecular complexity index is 410. The predicted octanol–water partition coefficient (Wildman–Crippen LogP) is 1.83. The highest BCUT2D eigenvalue weighted by Crippen LogP contribution is 2.16. The maximum Gasteiger partial charge on any atom is 0.241 e. The molecule has 1 aromatic carbocycles. The fraction of sp³-hybridized carbons (Fsp3) is 0.462. The summed E-state index contributed by atoms with van der Waals surface area (Å²) in [4.78, 5) is 11.7. The maximum absolute atomic E-state index is 13.4. The van der Waals surface area contributed by atoms with Crippen LogP contribution in [0.1, 0.15) is 18.4 Å². The van der Waals surface area contributed by atoms with Crippen LogP contribution in [-0.2, 0) is 9.53 Å². The molecule has 100 valence electrons. The van der Waals surface area contributed by atoms with Gasteiger partial charge >= 0.3 is 0 Å². The van der Waals surface area contributed by atoms with Crippen molar-refractivity contribution in [1.82, 2.24) is 0 Å². The van der Waals surface area contributed by atoms with Gasteiger partial charge in [0.25, 0.3) is 0 Å². The molecule has 3 N–H and O–H groups in total. The van der Waals surface area contributed by atoms with Crippen molar-refractivity contribution < 1.29 is 13.9 Å². The number of carbonyl (C=O) groups is 1. The lowest BCUT2D eigenvalue weighted by atomic mass is 10.1. The number of amides is 1. The first-order valence-corrected chi connectivity index (χ1v) is 5.86. The number of benzene rings is 1. The van der Waals surface area contributed by atoms with Crippen LogP contribution in [-0.4, -0.2) is 25.7 Å². The number of nitrogens with one attached hydrogen (secondary N) is 1. The molecule has 0 fully saturated rings. The molecule has 0 radical (unpaired) electrons. The van der Waals surface area contributed by atoms with Crippen LogP contribution in [0.5, 0.6) is 0 Å². The zero-order valence-electron chi connectivity index (χ0n) is 10.7. The molecule has 0 aromatic heterocycles. The highest BCUT2D eigenvalue weighted by atomic mass is 19.1. The first-order chi connectivity index (χ1) is 8.54. The summed E-state index contributed by atoms with van der Waals surface area (Å²) in [5.74, 6) is -0.839. The normalized spacial score (nSPS) is 12.2. The SMILES string of the molecule is COCCCC(N)C(=O)Nc1cc(C)ccc1F. The Morgan fingerprint density at radius 3 is 2.94 bits per heavy atom. The largest absolute Gasteiger partial charge is 0.385 e. The van der Waals surface area contributed by atoms with Crippen LogP contribution < -0.4 is 11.1 Å². The van der Waals surface area contributed by atoms with E-state index in [9.17, 15) is 9.18 Å². The van der Waals surface area contributed by atoms with Crippen molar-refractivity contribution in [2.24, 2.45) is 5.73 Å². The Morgan fingerprint density at radius 1 is 1.56 bits per heavy atom. The fourth-order valence-electron chi connectivity index (χ4n) is 1.54. The molecule has 0 saturated heterocycles. The quantitative estimate of drug-likeness (QED) is 0.761. The first kappa shape index (κ1) is 14.6. The van der Waals surface area contributed by atoms with Gasteiger partial charge in [0.05, 0.1) is 11.7 Å². The topological polar surface area (TPSA) is 64.3 Å². The molecule has 1 amide bonds. The van der Waals surface area contributed by atoms with Crippen LogP contribution in [0.25, 0.3) is 0 Å². The maximum atomic E-state index is 13.4. The lowest BCUT2D eigenvalue weighted by Crippen LogP contribution is -2.36. The zero-order valence-corrected chi connectivity index (χ0v) is 10.7. The number of methoxy groups -OCH3 is 1. The van der Waals surface area contributed by atoms with Crippen molar-refractivity contribution in [2.45, 2.75) is 25.8 Å². The second-order valence-electron chi connectivity index (χ2n) is 4.21. The molecule has 0 aliphatic carbocycles. The molecule has 4 nitrogen and oxygen atoms in total. The van der Waals surface area contributed by atoms with Gasteiger partial charge in [-0.1, -0.05) is 6.07 Å². The minimum Gasteiger partial charge on any atom is -0.385 e. The molecule has 1 atom stereocenters. The predicted molar refractivity (Wildman–Crippen MR) is 68.9 cm³/mol. The van der Waals surface area contributed by atoms with E-state index in [1.165, 1.54) is 6.07 Å². The summed E-state index contributed by atoms with van der Waals surface area (Å²) in [7, 11) is 1.59. The Kier molecular flexibility index (Phi) is 5.74. The smallest absolute Gasteiger partial charge is 0.241 e. The summed E-state index contributed by atoms with van der Waals surface area (Å²) in [5, 5.41) is 2.50. The van der Waals surface area contributed by atoms with Crippen LogP contribution >= 0.6 is 0 Å². The summed E-state index contributed by atoms with van der Waals surface area (Å²) in [5.41, 5.74) is 6.75. The summed E-state index contributed by atoms with van der Waals surface area (Å²) in [6, 6.07) is 3.89. The molecule has 1 aromatic rings. The summed E-state index contributed by atoms with van der Waals surface area (Å²) in [6.07, 6.45) is 1.20. The third-order valence-corrected chi connectivity index (χ3v) is 2.58. The Hall–Kier alpha value is -1.46. The highest BCUT2D eigenvalue weighted by Gasteiger charge is 2.14. The minimum atomic E-state index is -0.653. The standard InChI is InChI=1S/C13H19FN2O2/c1-9-5-6-10(14)12(8-9)16-13(17)11(15)4-3-7-18-2/h5-6,8,11H,3-4,7,15H2,1-2H3,(H,16,17). The number of hydrogen-bond acceptors (Lipinski definition) is 3. The van der Waals surface area contributed by atoms with E-state index in [1.54, 1.807) is 19.2 Å². The summed E-state index contributed by atoms with van der Waals surface area (Å²) in [6.45, 7) is 2.38. The van der Waals surface area contributed by atoms with Gasteiger partial charge in [0.1, 0.15) is 5.82 Å². The van der Waals surface area contributed by atoms with Crippen LogP contribution in [0.15, 0.2) is 18.2 Å². The lowest BCUT2D eigenvalue weighted by molar-refractivity contribution is -0.117. The van der Waals surface area contributed by atoms with Gasteiger partial charge in [0, 0.05) is 13.7 Å². The van der Waals surface area contributed by atoms with Crippen molar-refractivity contribution in [3.63, 3.8) is 0 Å². The van der Waals surface area contributed by atoms with E-state index in [2.05, 4.69) is 5.32 Å². The van der Waals surface area contributed by atoms with Gasteiger partial charge in [0.15, 0.2) is 0 Å². The van der Waals surface area contributed by atoms with Crippen molar-refractivity contribution >= 4 is 11.6 Å². The molecule has 5 heteroatoms. The monoisotopic (exact) mass is 254 g/mol. The fourth-order valence-corrected chi connectivity index (χ4v) is 1.54. The average Bonchev–Trinajstić information content (AvgIpc) is 2.34. The molecular weight excluding hydrogens is 235 g/mol. The third kappa shape index (κ3) is 4.43. The molecule has 0 saturated carbocycles. The molecule has 0 heterocycles.